The number of fused-ring (bicyclic) bond motifs is 1. The molecule has 4 rings (SSSR count). The van der Waals surface area contributed by atoms with Crippen molar-refractivity contribution in [1.29, 1.82) is 0 Å². The van der Waals surface area contributed by atoms with Gasteiger partial charge in [-0.2, -0.15) is 0 Å². The van der Waals surface area contributed by atoms with Crippen LogP contribution in [-0.4, -0.2) is 38.1 Å². The molecule has 176 valence electrons. The van der Waals surface area contributed by atoms with Crippen molar-refractivity contribution >= 4 is 33.3 Å². The van der Waals surface area contributed by atoms with Gasteiger partial charge in [-0.05, 0) is 60.1 Å². The van der Waals surface area contributed by atoms with E-state index in [1.807, 2.05) is 30.3 Å². The van der Waals surface area contributed by atoms with Crippen molar-refractivity contribution in [2.24, 2.45) is 11.7 Å². The summed E-state index contributed by atoms with van der Waals surface area (Å²) in [7, 11) is -3.44. The first-order valence-corrected chi connectivity index (χ1v) is 13.2. The van der Waals surface area contributed by atoms with Gasteiger partial charge in [0.05, 0.1) is 18.0 Å². The molecule has 2 aromatic carbocycles. The van der Waals surface area contributed by atoms with Crippen molar-refractivity contribution < 1.29 is 18.0 Å². The number of anilines is 2. The molecule has 1 fully saturated rings. The molecule has 0 aromatic heterocycles. The summed E-state index contributed by atoms with van der Waals surface area (Å²) in [5, 5.41) is 2.97. The summed E-state index contributed by atoms with van der Waals surface area (Å²) >= 11 is 0. The Kier molecular flexibility index (Phi) is 6.60. The van der Waals surface area contributed by atoms with E-state index in [0.29, 0.717) is 36.7 Å². The van der Waals surface area contributed by atoms with Crippen molar-refractivity contribution in [1.82, 2.24) is 4.90 Å². The van der Waals surface area contributed by atoms with Crippen LogP contribution in [0.3, 0.4) is 0 Å². The summed E-state index contributed by atoms with van der Waals surface area (Å²) in [6.45, 7) is 0.370. The van der Waals surface area contributed by atoms with Crippen LogP contribution in [0.4, 0.5) is 16.2 Å². The van der Waals surface area contributed by atoms with Gasteiger partial charge in [-0.3, -0.25) is 9.52 Å². The van der Waals surface area contributed by atoms with Gasteiger partial charge in [0, 0.05) is 18.7 Å². The van der Waals surface area contributed by atoms with Crippen LogP contribution in [-0.2, 0) is 21.2 Å². The van der Waals surface area contributed by atoms with E-state index >= 15 is 0 Å². The molecule has 0 saturated heterocycles. The number of carbonyl (C=O) groups excluding carboxylic acids is 2. The molecular weight excluding hydrogens is 440 g/mol. The van der Waals surface area contributed by atoms with Crippen LogP contribution in [0.15, 0.2) is 42.5 Å². The van der Waals surface area contributed by atoms with E-state index in [-0.39, 0.29) is 5.91 Å². The Balaban J connectivity index is 1.59. The van der Waals surface area contributed by atoms with Gasteiger partial charge in [-0.25, -0.2) is 13.2 Å². The van der Waals surface area contributed by atoms with Crippen LogP contribution < -0.4 is 15.8 Å². The number of amides is 3. The van der Waals surface area contributed by atoms with E-state index in [0.717, 1.165) is 35.8 Å². The molecule has 1 aliphatic carbocycles. The third-order valence-electron chi connectivity index (χ3n) is 6.46. The first kappa shape index (κ1) is 23.1. The minimum absolute atomic E-state index is 0.0212. The van der Waals surface area contributed by atoms with E-state index in [9.17, 15) is 18.0 Å². The Bertz CT molecular complexity index is 1140. The number of benzene rings is 2. The van der Waals surface area contributed by atoms with E-state index in [2.05, 4.69) is 10.0 Å². The van der Waals surface area contributed by atoms with E-state index < -0.39 is 22.1 Å². The Morgan fingerprint density at radius 2 is 1.79 bits per heavy atom. The minimum atomic E-state index is -3.44. The average molecular weight is 471 g/mol. The molecule has 0 spiro atoms. The summed E-state index contributed by atoms with van der Waals surface area (Å²) in [6.07, 6.45) is 6.79. The number of primary amides is 1. The normalized spacial score (nSPS) is 18.6. The molecule has 1 heterocycles. The first-order chi connectivity index (χ1) is 15.7. The maximum absolute atomic E-state index is 12.4. The predicted octanol–water partition coefficient (Wildman–Crippen LogP) is 3.60. The van der Waals surface area contributed by atoms with Gasteiger partial charge in [0.2, 0.25) is 15.9 Å². The molecule has 1 aliphatic heterocycles. The SMILES string of the molecule is CS(=O)(=O)Nc1cccc2c1CCN(C(N)=O)C2c1ccc(NC(=O)CC2CCCC2)cc1. The van der Waals surface area contributed by atoms with Gasteiger partial charge >= 0.3 is 6.03 Å². The predicted molar refractivity (Wildman–Crippen MR) is 128 cm³/mol. The van der Waals surface area contributed by atoms with Crippen LogP contribution in [0.2, 0.25) is 0 Å². The number of nitrogens with one attached hydrogen (secondary N) is 2. The van der Waals surface area contributed by atoms with Gasteiger partial charge in [0.15, 0.2) is 0 Å². The van der Waals surface area contributed by atoms with Gasteiger partial charge in [-0.15, -0.1) is 0 Å². The fourth-order valence-corrected chi connectivity index (χ4v) is 5.59. The van der Waals surface area contributed by atoms with Crippen LogP contribution in [0, 0.1) is 5.92 Å². The van der Waals surface area contributed by atoms with Crippen molar-refractivity contribution in [3.05, 3.63) is 59.2 Å². The van der Waals surface area contributed by atoms with Gasteiger partial charge in [0.1, 0.15) is 0 Å². The molecule has 9 heteroatoms. The lowest BCUT2D eigenvalue weighted by molar-refractivity contribution is -0.117. The number of hydrogen-bond acceptors (Lipinski definition) is 4. The van der Waals surface area contributed by atoms with Crippen molar-refractivity contribution in [3.63, 3.8) is 0 Å². The highest BCUT2D eigenvalue weighted by atomic mass is 32.2. The zero-order valence-corrected chi connectivity index (χ0v) is 19.5. The van der Waals surface area contributed by atoms with E-state index in [1.54, 1.807) is 17.0 Å². The second-order valence-corrected chi connectivity index (χ2v) is 10.7. The summed E-state index contributed by atoms with van der Waals surface area (Å²) in [6, 6.07) is 11.8. The molecular formula is C24H30N4O4S. The third kappa shape index (κ3) is 5.47. The number of sulfonamides is 1. The van der Waals surface area contributed by atoms with Crippen LogP contribution in [0.5, 0.6) is 0 Å². The maximum atomic E-state index is 12.4. The molecule has 8 nitrogen and oxygen atoms in total. The fraction of sp³-hybridized carbons (Fsp3) is 0.417. The molecule has 3 amide bonds. The molecule has 33 heavy (non-hydrogen) atoms. The fourth-order valence-electron chi connectivity index (χ4n) is 5.00. The number of hydrogen-bond donors (Lipinski definition) is 3. The zero-order valence-electron chi connectivity index (χ0n) is 18.7. The average Bonchev–Trinajstić information content (AvgIpc) is 3.25. The summed E-state index contributed by atoms with van der Waals surface area (Å²) < 4.78 is 26.2. The molecule has 1 saturated carbocycles. The molecule has 2 aliphatic rings. The van der Waals surface area contributed by atoms with Gasteiger partial charge < -0.3 is 16.0 Å². The van der Waals surface area contributed by atoms with Gasteiger partial charge in [0.25, 0.3) is 0 Å². The number of urea groups is 1. The lowest BCUT2D eigenvalue weighted by Gasteiger charge is -2.37. The van der Waals surface area contributed by atoms with Crippen molar-refractivity contribution in [2.45, 2.75) is 44.6 Å². The van der Waals surface area contributed by atoms with Gasteiger partial charge in [-0.1, -0.05) is 37.1 Å². The lowest BCUT2D eigenvalue weighted by atomic mass is 9.87. The Morgan fingerprint density at radius 3 is 2.42 bits per heavy atom. The smallest absolute Gasteiger partial charge is 0.315 e. The highest BCUT2D eigenvalue weighted by Crippen LogP contribution is 2.38. The second-order valence-electron chi connectivity index (χ2n) is 8.96. The molecule has 0 bridgehead atoms. The second kappa shape index (κ2) is 9.43. The van der Waals surface area contributed by atoms with E-state index in [4.69, 9.17) is 5.73 Å². The third-order valence-corrected chi connectivity index (χ3v) is 7.05. The molecule has 2 aromatic rings. The molecule has 4 N–H and O–H groups in total. The number of carbonyl (C=O) groups is 2. The van der Waals surface area contributed by atoms with Crippen molar-refractivity contribution in [2.75, 3.05) is 22.8 Å². The number of rotatable bonds is 6. The number of nitrogens with two attached hydrogens (primary N) is 1. The zero-order chi connectivity index (χ0) is 23.6. The van der Waals surface area contributed by atoms with Crippen molar-refractivity contribution in [3.8, 4) is 0 Å². The monoisotopic (exact) mass is 470 g/mol. The van der Waals surface area contributed by atoms with E-state index in [1.165, 1.54) is 12.8 Å². The highest BCUT2D eigenvalue weighted by Gasteiger charge is 2.32. The summed E-state index contributed by atoms with van der Waals surface area (Å²) in [5.74, 6) is 0.495. The topological polar surface area (TPSA) is 122 Å². The maximum Gasteiger partial charge on any atom is 0.315 e. The van der Waals surface area contributed by atoms with Crippen LogP contribution >= 0.6 is 0 Å². The summed E-state index contributed by atoms with van der Waals surface area (Å²) in [4.78, 5) is 26.2. The molecule has 0 radical (unpaired) electrons. The van der Waals surface area contributed by atoms with Crippen LogP contribution in [0.1, 0.15) is 54.8 Å². The summed E-state index contributed by atoms with van der Waals surface area (Å²) in [5.41, 5.74) is 9.41. The first-order valence-electron chi connectivity index (χ1n) is 11.3. The standard InChI is InChI=1S/C24H30N4O4S/c1-33(31,32)27-21-8-4-7-20-19(21)13-14-28(24(25)30)23(20)17-9-11-18(12-10-17)26-22(29)15-16-5-2-3-6-16/h4,7-12,16,23,27H,2-3,5-6,13-15H2,1H3,(H2,25,30)(H,26,29). The quantitative estimate of drug-likeness (QED) is 0.597. The number of nitrogens with zero attached hydrogens (tertiary/aromatic N) is 1. The minimum Gasteiger partial charge on any atom is -0.351 e. The molecule has 1 unspecified atom stereocenters. The molecule has 1 atom stereocenters. The lowest BCUT2D eigenvalue weighted by Crippen LogP contribution is -2.43. The Morgan fingerprint density at radius 1 is 1.09 bits per heavy atom. The van der Waals surface area contributed by atoms with Crippen LogP contribution in [0.25, 0.3) is 0 Å². The Hall–Kier alpha value is -3.07. The highest BCUT2D eigenvalue weighted by molar-refractivity contribution is 7.92. The Labute approximate surface area is 194 Å². The largest absolute Gasteiger partial charge is 0.351 e.